The summed E-state index contributed by atoms with van der Waals surface area (Å²) in [6.45, 7) is 4.29. The van der Waals surface area contributed by atoms with Crippen molar-refractivity contribution in [3.63, 3.8) is 0 Å². The number of ether oxygens (including phenoxy) is 1. The lowest BCUT2D eigenvalue weighted by Gasteiger charge is -2.24. The molecule has 1 aromatic rings. The molecule has 1 unspecified atom stereocenters. The molecule has 3 heterocycles. The Balaban J connectivity index is 1.62. The minimum atomic E-state index is -0.0364. The second-order valence-electron chi connectivity index (χ2n) is 5.52. The van der Waals surface area contributed by atoms with Crippen LogP contribution in [0.2, 0.25) is 0 Å². The van der Waals surface area contributed by atoms with E-state index in [0.717, 1.165) is 37.7 Å². The van der Waals surface area contributed by atoms with Gasteiger partial charge in [-0.3, -0.25) is 4.79 Å². The Morgan fingerprint density at radius 1 is 1.48 bits per heavy atom. The third-order valence-electron chi connectivity index (χ3n) is 3.88. The standard InChI is InChI=1S/C15H22N4O2/c20-14(10-12-11-16-6-9-21-12)18-13-4-3-5-17-15(13)19-7-1-2-8-19/h3-5,12,16H,1-2,6-11H2,(H,18,20). The summed E-state index contributed by atoms with van der Waals surface area (Å²) in [5.74, 6) is 0.864. The molecule has 0 bridgehead atoms. The van der Waals surface area contributed by atoms with Crippen molar-refractivity contribution in [3.05, 3.63) is 18.3 Å². The molecule has 2 fully saturated rings. The fourth-order valence-corrected chi connectivity index (χ4v) is 2.83. The number of morpholine rings is 1. The Hall–Kier alpha value is -1.66. The quantitative estimate of drug-likeness (QED) is 0.866. The molecule has 114 valence electrons. The zero-order chi connectivity index (χ0) is 14.5. The second-order valence-corrected chi connectivity index (χ2v) is 5.52. The molecule has 2 N–H and O–H groups in total. The number of carbonyl (C=O) groups excluding carboxylic acids is 1. The summed E-state index contributed by atoms with van der Waals surface area (Å²) in [6.07, 6.45) is 4.49. The number of aromatic nitrogens is 1. The lowest BCUT2D eigenvalue weighted by molar-refractivity contribution is -0.119. The molecule has 1 atom stereocenters. The molecule has 0 aromatic carbocycles. The monoisotopic (exact) mass is 290 g/mol. The van der Waals surface area contributed by atoms with Crippen LogP contribution in [0.25, 0.3) is 0 Å². The molecule has 1 amide bonds. The first-order valence-corrected chi connectivity index (χ1v) is 7.65. The van der Waals surface area contributed by atoms with Crippen LogP contribution in [0.4, 0.5) is 11.5 Å². The van der Waals surface area contributed by atoms with Crippen molar-refractivity contribution in [1.82, 2.24) is 10.3 Å². The molecule has 1 aromatic heterocycles. The number of rotatable bonds is 4. The number of nitrogens with zero attached hydrogens (tertiary/aromatic N) is 2. The largest absolute Gasteiger partial charge is 0.375 e. The van der Waals surface area contributed by atoms with Crippen molar-refractivity contribution in [2.75, 3.05) is 43.0 Å². The van der Waals surface area contributed by atoms with Gasteiger partial charge in [0.1, 0.15) is 0 Å². The SMILES string of the molecule is O=C(CC1CNCCO1)Nc1cccnc1N1CCCC1. The minimum absolute atomic E-state index is 0.0165. The van der Waals surface area contributed by atoms with Crippen LogP contribution in [-0.2, 0) is 9.53 Å². The van der Waals surface area contributed by atoms with Gasteiger partial charge < -0.3 is 20.3 Å². The van der Waals surface area contributed by atoms with Gasteiger partial charge in [0.05, 0.1) is 24.8 Å². The van der Waals surface area contributed by atoms with Crippen molar-refractivity contribution >= 4 is 17.4 Å². The topological polar surface area (TPSA) is 66.5 Å². The summed E-state index contributed by atoms with van der Waals surface area (Å²) in [4.78, 5) is 18.8. The number of hydrogen-bond acceptors (Lipinski definition) is 5. The summed E-state index contributed by atoms with van der Waals surface area (Å²) in [5.41, 5.74) is 0.799. The average molecular weight is 290 g/mol. The van der Waals surface area contributed by atoms with Crippen molar-refractivity contribution in [3.8, 4) is 0 Å². The van der Waals surface area contributed by atoms with E-state index in [1.54, 1.807) is 6.20 Å². The van der Waals surface area contributed by atoms with Crippen LogP contribution < -0.4 is 15.5 Å². The Bertz CT molecular complexity index is 482. The number of hydrogen-bond donors (Lipinski definition) is 2. The molecule has 2 saturated heterocycles. The van der Waals surface area contributed by atoms with Gasteiger partial charge in [0.2, 0.25) is 5.91 Å². The van der Waals surface area contributed by atoms with E-state index in [-0.39, 0.29) is 12.0 Å². The molecular formula is C15H22N4O2. The third kappa shape index (κ3) is 3.71. The van der Waals surface area contributed by atoms with Gasteiger partial charge in [-0.15, -0.1) is 0 Å². The van der Waals surface area contributed by atoms with E-state index in [9.17, 15) is 4.79 Å². The molecule has 2 aliphatic rings. The zero-order valence-corrected chi connectivity index (χ0v) is 12.2. The van der Waals surface area contributed by atoms with Crippen molar-refractivity contribution in [2.24, 2.45) is 0 Å². The molecule has 0 radical (unpaired) electrons. The van der Waals surface area contributed by atoms with Crippen LogP contribution in [-0.4, -0.2) is 49.8 Å². The van der Waals surface area contributed by atoms with E-state index in [1.165, 1.54) is 12.8 Å². The van der Waals surface area contributed by atoms with Crippen LogP contribution in [0.15, 0.2) is 18.3 Å². The van der Waals surface area contributed by atoms with E-state index in [1.807, 2.05) is 12.1 Å². The normalized spacial score (nSPS) is 22.3. The number of nitrogens with one attached hydrogen (secondary N) is 2. The number of carbonyl (C=O) groups is 1. The van der Waals surface area contributed by atoms with Gasteiger partial charge in [-0.2, -0.15) is 0 Å². The number of amides is 1. The van der Waals surface area contributed by atoms with E-state index < -0.39 is 0 Å². The lowest BCUT2D eigenvalue weighted by atomic mass is 10.2. The first kappa shape index (κ1) is 14.3. The Labute approximate surface area is 124 Å². The highest BCUT2D eigenvalue weighted by Gasteiger charge is 2.20. The van der Waals surface area contributed by atoms with Crippen molar-refractivity contribution in [1.29, 1.82) is 0 Å². The van der Waals surface area contributed by atoms with Gasteiger partial charge in [0.15, 0.2) is 5.82 Å². The summed E-state index contributed by atoms with van der Waals surface area (Å²) >= 11 is 0. The Morgan fingerprint density at radius 2 is 2.33 bits per heavy atom. The summed E-state index contributed by atoms with van der Waals surface area (Å²) in [5, 5.41) is 6.22. The van der Waals surface area contributed by atoms with E-state index >= 15 is 0 Å². The van der Waals surface area contributed by atoms with Crippen LogP contribution in [0.1, 0.15) is 19.3 Å². The zero-order valence-electron chi connectivity index (χ0n) is 12.2. The molecule has 0 spiro atoms. The molecular weight excluding hydrogens is 268 g/mol. The maximum Gasteiger partial charge on any atom is 0.227 e. The third-order valence-corrected chi connectivity index (χ3v) is 3.88. The number of anilines is 2. The van der Waals surface area contributed by atoms with E-state index in [0.29, 0.717) is 13.0 Å². The molecule has 21 heavy (non-hydrogen) atoms. The van der Waals surface area contributed by atoms with Gasteiger partial charge >= 0.3 is 0 Å². The molecule has 0 saturated carbocycles. The first-order chi connectivity index (χ1) is 10.3. The smallest absolute Gasteiger partial charge is 0.227 e. The van der Waals surface area contributed by atoms with Gasteiger partial charge in [0, 0.05) is 32.4 Å². The highest BCUT2D eigenvalue weighted by Crippen LogP contribution is 2.26. The highest BCUT2D eigenvalue weighted by molar-refractivity contribution is 5.93. The maximum absolute atomic E-state index is 12.2. The minimum Gasteiger partial charge on any atom is -0.375 e. The lowest BCUT2D eigenvalue weighted by Crippen LogP contribution is -2.40. The van der Waals surface area contributed by atoms with Crippen LogP contribution in [0, 0.1) is 0 Å². The number of pyridine rings is 1. The fourth-order valence-electron chi connectivity index (χ4n) is 2.83. The van der Waals surface area contributed by atoms with Gasteiger partial charge in [0.25, 0.3) is 0 Å². The van der Waals surface area contributed by atoms with E-state index in [2.05, 4.69) is 20.5 Å². The van der Waals surface area contributed by atoms with Gasteiger partial charge in [-0.25, -0.2) is 4.98 Å². The van der Waals surface area contributed by atoms with Crippen LogP contribution in [0.5, 0.6) is 0 Å². The molecule has 0 aliphatic carbocycles. The Morgan fingerprint density at radius 3 is 3.10 bits per heavy atom. The predicted molar refractivity (Wildman–Crippen MR) is 81.5 cm³/mol. The van der Waals surface area contributed by atoms with E-state index in [4.69, 9.17) is 4.74 Å². The summed E-state index contributed by atoms with van der Waals surface area (Å²) in [6, 6.07) is 3.77. The highest BCUT2D eigenvalue weighted by atomic mass is 16.5. The first-order valence-electron chi connectivity index (χ1n) is 7.65. The van der Waals surface area contributed by atoms with Gasteiger partial charge in [-0.05, 0) is 25.0 Å². The summed E-state index contributed by atoms with van der Waals surface area (Å²) < 4.78 is 5.57. The molecule has 6 heteroatoms. The van der Waals surface area contributed by atoms with Crippen molar-refractivity contribution < 1.29 is 9.53 Å². The van der Waals surface area contributed by atoms with Crippen molar-refractivity contribution in [2.45, 2.75) is 25.4 Å². The Kier molecular flexibility index (Phi) is 4.67. The molecule has 2 aliphatic heterocycles. The fraction of sp³-hybridized carbons (Fsp3) is 0.600. The second kappa shape index (κ2) is 6.87. The average Bonchev–Trinajstić information content (AvgIpc) is 3.03. The van der Waals surface area contributed by atoms with Gasteiger partial charge in [-0.1, -0.05) is 0 Å². The van der Waals surface area contributed by atoms with Crippen LogP contribution >= 0.6 is 0 Å². The summed E-state index contributed by atoms with van der Waals surface area (Å²) in [7, 11) is 0. The molecule has 3 rings (SSSR count). The predicted octanol–water partition coefficient (Wildman–Crippen LogP) is 0.999. The van der Waals surface area contributed by atoms with Crippen LogP contribution in [0.3, 0.4) is 0 Å². The molecule has 6 nitrogen and oxygen atoms in total. The maximum atomic E-state index is 12.2.